The fourth-order valence-corrected chi connectivity index (χ4v) is 3.23. The molecule has 1 aromatic rings. The van der Waals surface area contributed by atoms with E-state index >= 15 is 0 Å². The summed E-state index contributed by atoms with van der Waals surface area (Å²) < 4.78 is 5.40. The fraction of sp³-hybridized carbons (Fsp3) is 0.706. The number of aliphatic imine (C=N–C) groups is 1. The van der Waals surface area contributed by atoms with Crippen molar-refractivity contribution in [2.75, 3.05) is 26.2 Å². The first kappa shape index (κ1) is 19.5. The first-order valence-corrected chi connectivity index (χ1v) is 9.51. The Morgan fingerprint density at radius 1 is 1.32 bits per heavy atom. The molecule has 0 bridgehead atoms. The van der Waals surface area contributed by atoms with Crippen LogP contribution in [0.4, 0.5) is 4.79 Å². The molecule has 0 aromatic carbocycles. The number of nitrogens with zero attached hydrogens (tertiary/aromatic N) is 4. The zero-order chi connectivity index (χ0) is 18.6. The highest BCUT2D eigenvalue weighted by Gasteiger charge is 2.26. The second-order valence-electron chi connectivity index (χ2n) is 7.45. The molecule has 0 atom stereocenters. The SMILES string of the molecule is CC(C)c1csc(CN=C(N)N2CCN(C(=O)OC(C)(C)C)CC2)n1. The van der Waals surface area contributed by atoms with E-state index in [0.717, 1.165) is 10.7 Å². The lowest BCUT2D eigenvalue weighted by atomic mass is 10.2. The largest absolute Gasteiger partial charge is 0.444 e. The van der Waals surface area contributed by atoms with Crippen LogP contribution in [-0.4, -0.2) is 58.6 Å². The molecular weight excluding hydrogens is 338 g/mol. The van der Waals surface area contributed by atoms with Crippen LogP contribution >= 0.6 is 11.3 Å². The number of guanidine groups is 1. The zero-order valence-corrected chi connectivity index (χ0v) is 16.6. The fourth-order valence-electron chi connectivity index (χ4n) is 2.36. The van der Waals surface area contributed by atoms with E-state index in [1.165, 1.54) is 0 Å². The summed E-state index contributed by atoms with van der Waals surface area (Å²) in [5, 5.41) is 3.05. The molecule has 7 nitrogen and oxygen atoms in total. The minimum absolute atomic E-state index is 0.272. The topological polar surface area (TPSA) is 84.0 Å². The van der Waals surface area contributed by atoms with E-state index in [1.54, 1.807) is 16.2 Å². The van der Waals surface area contributed by atoms with Gasteiger partial charge in [0.2, 0.25) is 0 Å². The molecule has 1 aliphatic rings. The summed E-state index contributed by atoms with van der Waals surface area (Å²) in [7, 11) is 0. The van der Waals surface area contributed by atoms with Crippen molar-refractivity contribution in [1.29, 1.82) is 0 Å². The van der Waals surface area contributed by atoms with Crippen LogP contribution in [0.2, 0.25) is 0 Å². The van der Waals surface area contributed by atoms with E-state index in [4.69, 9.17) is 10.5 Å². The van der Waals surface area contributed by atoms with Gasteiger partial charge in [0, 0.05) is 31.6 Å². The van der Waals surface area contributed by atoms with E-state index in [2.05, 4.69) is 29.2 Å². The van der Waals surface area contributed by atoms with Gasteiger partial charge in [-0.1, -0.05) is 13.8 Å². The number of amides is 1. The number of carbonyl (C=O) groups is 1. The normalized spacial score (nSPS) is 16.5. The average Bonchev–Trinajstić information content (AvgIpc) is 3.00. The third-order valence-electron chi connectivity index (χ3n) is 3.79. The molecule has 140 valence electrons. The molecule has 1 aliphatic heterocycles. The van der Waals surface area contributed by atoms with Gasteiger partial charge in [-0.15, -0.1) is 11.3 Å². The first-order valence-electron chi connectivity index (χ1n) is 8.63. The molecule has 0 radical (unpaired) electrons. The van der Waals surface area contributed by atoms with E-state index < -0.39 is 5.60 Å². The highest BCUT2D eigenvalue weighted by atomic mass is 32.1. The number of ether oxygens (including phenoxy) is 1. The van der Waals surface area contributed by atoms with E-state index in [0.29, 0.717) is 44.6 Å². The summed E-state index contributed by atoms with van der Waals surface area (Å²) in [6.07, 6.45) is -0.272. The Balaban J connectivity index is 1.83. The van der Waals surface area contributed by atoms with Gasteiger partial charge in [-0.3, -0.25) is 0 Å². The summed E-state index contributed by atoms with van der Waals surface area (Å²) in [5.74, 6) is 0.928. The van der Waals surface area contributed by atoms with Crippen molar-refractivity contribution < 1.29 is 9.53 Å². The summed E-state index contributed by atoms with van der Waals surface area (Å²) in [6.45, 7) is 12.8. The first-order chi connectivity index (χ1) is 11.7. The van der Waals surface area contributed by atoms with Crippen LogP contribution in [0.5, 0.6) is 0 Å². The number of piperazine rings is 1. The van der Waals surface area contributed by atoms with Gasteiger partial charge in [0.25, 0.3) is 0 Å². The Kier molecular flexibility index (Phi) is 6.26. The Labute approximate surface area is 153 Å². The Hall–Kier alpha value is -1.83. The van der Waals surface area contributed by atoms with Gasteiger partial charge in [0.1, 0.15) is 10.6 Å². The van der Waals surface area contributed by atoms with Crippen molar-refractivity contribution in [2.45, 2.75) is 52.7 Å². The maximum Gasteiger partial charge on any atom is 0.410 e. The molecule has 25 heavy (non-hydrogen) atoms. The van der Waals surface area contributed by atoms with E-state index in [9.17, 15) is 4.79 Å². The van der Waals surface area contributed by atoms with Crippen molar-refractivity contribution in [1.82, 2.24) is 14.8 Å². The number of aromatic nitrogens is 1. The number of rotatable bonds is 3. The maximum atomic E-state index is 12.1. The lowest BCUT2D eigenvalue weighted by molar-refractivity contribution is 0.0186. The number of thiazole rings is 1. The van der Waals surface area contributed by atoms with Gasteiger partial charge >= 0.3 is 6.09 Å². The lowest BCUT2D eigenvalue weighted by Gasteiger charge is -2.36. The number of nitrogens with two attached hydrogens (primary N) is 1. The predicted molar refractivity (Wildman–Crippen MR) is 101 cm³/mol. The second kappa shape index (κ2) is 8.03. The van der Waals surface area contributed by atoms with Gasteiger partial charge in [-0.05, 0) is 26.7 Å². The van der Waals surface area contributed by atoms with E-state index in [1.807, 2.05) is 25.7 Å². The van der Waals surface area contributed by atoms with Gasteiger partial charge in [0.15, 0.2) is 5.96 Å². The highest BCUT2D eigenvalue weighted by Crippen LogP contribution is 2.18. The van der Waals surface area contributed by atoms with Gasteiger partial charge in [0.05, 0.1) is 12.2 Å². The molecule has 2 rings (SSSR count). The molecular formula is C17H29N5O2S. The van der Waals surface area contributed by atoms with Crippen molar-refractivity contribution in [3.05, 3.63) is 16.1 Å². The standard InChI is InChI=1S/C17H29N5O2S/c1-12(2)13-11-25-14(20-13)10-19-15(18)21-6-8-22(9-7-21)16(23)24-17(3,4)5/h11-12H,6-10H2,1-5H3,(H2,18,19). The molecule has 0 spiro atoms. The van der Waals surface area contributed by atoms with Crippen LogP contribution < -0.4 is 5.73 Å². The quantitative estimate of drug-likeness (QED) is 0.656. The monoisotopic (exact) mass is 367 g/mol. The molecule has 2 N–H and O–H groups in total. The highest BCUT2D eigenvalue weighted by molar-refractivity contribution is 7.09. The van der Waals surface area contributed by atoms with Gasteiger partial charge in [-0.25, -0.2) is 14.8 Å². The molecule has 0 unspecified atom stereocenters. The Morgan fingerprint density at radius 3 is 2.44 bits per heavy atom. The molecule has 0 saturated carbocycles. The summed E-state index contributed by atoms with van der Waals surface area (Å²) >= 11 is 1.61. The molecule has 8 heteroatoms. The third-order valence-corrected chi connectivity index (χ3v) is 4.64. The van der Waals surface area contributed by atoms with Crippen molar-refractivity contribution >= 4 is 23.4 Å². The number of carbonyl (C=O) groups excluding carboxylic acids is 1. The van der Waals surface area contributed by atoms with Crippen molar-refractivity contribution in [3.8, 4) is 0 Å². The summed E-state index contributed by atoms with van der Waals surface area (Å²) in [4.78, 5) is 24.8. The Bertz CT molecular complexity index is 613. The minimum Gasteiger partial charge on any atom is -0.444 e. The van der Waals surface area contributed by atoms with Crippen LogP contribution in [0.3, 0.4) is 0 Å². The van der Waals surface area contributed by atoms with Crippen molar-refractivity contribution in [3.63, 3.8) is 0 Å². The lowest BCUT2D eigenvalue weighted by Crippen LogP contribution is -2.53. The predicted octanol–water partition coefficient (Wildman–Crippen LogP) is 2.63. The van der Waals surface area contributed by atoms with Gasteiger partial charge < -0.3 is 20.3 Å². The zero-order valence-electron chi connectivity index (χ0n) is 15.8. The van der Waals surface area contributed by atoms with Crippen LogP contribution in [-0.2, 0) is 11.3 Å². The number of hydrogen-bond acceptors (Lipinski definition) is 5. The molecule has 1 aromatic heterocycles. The maximum absolute atomic E-state index is 12.1. The van der Waals surface area contributed by atoms with Crippen LogP contribution in [0.1, 0.15) is 51.2 Å². The summed E-state index contributed by atoms with van der Waals surface area (Å²) in [6, 6.07) is 0. The molecule has 0 aliphatic carbocycles. The summed E-state index contributed by atoms with van der Waals surface area (Å²) in [5.41, 5.74) is 6.73. The Morgan fingerprint density at radius 2 is 1.92 bits per heavy atom. The second-order valence-corrected chi connectivity index (χ2v) is 8.39. The molecule has 1 amide bonds. The van der Waals surface area contributed by atoms with Crippen LogP contribution in [0, 0.1) is 0 Å². The van der Waals surface area contributed by atoms with Crippen LogP contribution in [0.25, 0.3) is 0 Å². The van der Waals surface area contributed by atoms with Crippen molar-refractivity contribution in [2.24, 2.45) is 10.7 Å². The molecule has 1 fully saturated rings. The molecule has 2 heterocycles. The molecule has 1 saturated heterocycles. The number of hydrogen-bond donors (Lipinski definition) is 1. The van der Waals surface area contributed by atoms with E-state index in [-0.39, 0.29) is 6.09 Å². The van der Waals surface area contributed by atoms with Crippen LogP contribution in [0.15, 0.2) is 10.4 Å². The average molecular weight is 368 g/mol. The van der Waals surface area contributed by atoms with Gasteiger partial charge in [-0.2, -0.15) is 0 Å². The minimum atomic E-state index is -0.475. The third kappa shape index (κ3) is 5.88. The smallest absolute Gasteiger partial charge is 0.410 e.